The Morgan fingerprint density at radius 3 is 2.63 bits per heavy atom. The minimum atomic E-state index is -4.03. The number of ether oxygens (including phenoxy) is 1. The Hall–Kier alpha value is -2.64. The first-order valence-corrected chi connectivity index (χ1v) is 13.6. The molecule has 0 bridgehead atoms. The minimum absolute atomic E-state index is 0.0291. The van der Waals surface area contributed by atoms with Crippen LogP contribution in [-0.4, -0.2) is 55.9 Å². The average molecular weight is 529 g/mol. The number of methoxy groups -OCH3 is 1. The van der Waals surface area contributed by atoms with Gasteiger partial charge in [-0.2, -0.15) is 4.31 Å². The summed E-state index contributed by atoms with van der Waals surface area (Å²) in [5.41, 5.74) is 0.190. The summed E-state index contributed by atoms with van der Waals surface area (Å²) < 4.78 is 59.3. The first-order chi connectivity index (χ1) is 16.7. The number of sulfonamides is 1. The number of esters is 1. The molecule has 2 heterocycles. The van der Waals surface area contributed by atoms with Crippen LogP contribution < -0.4 is 10.2 Å². The Labute approximate surface area is 206 Å². The first kappa shape index (κ1) is 25.5. The predicted molar refractivity (Wildman–Crippen MR) is 126 cm³/mol. The van der Waals surface area contributed by atoms with Crippen molar-refractivity contribution in [3.63, 3.8) is 0 Å². The van der Waals surface area contributed by atoms with E-state index in [4.69, 9.17) is 4.74 Å². The fraction of sp³-hybridized carbons (Fsp3) is 0.500. The van der Waals surface area contributed by atoms with Gasteiger partial charge >= 0.3 is 12.0 Å². The van der Waals surface area contributed by atoms with Gasteiger partial charge in [0.05, 0.1) is 13.3 Å². The summed E-state index contributed by atoms with van der Waals surface area (Å²) in [6.45, 7) is 0.481. The van der Waals surface area contributed by atoms with Crippen molar-refractivity contribution in [2.75, 3.05) is 30.4 Å². The van der Waals surface area contributed by atoms with Crippen LogP contribution in [0.4, 0.5) is 24.4 Å². The Balaban J connectivity index is 1.53. The van der Waals surface area contributed by atoms with E-state index in [1.54, 1.807) is 0 Å². The van der Waals surface area contributed by atoms with Crippen LogP contribution in [0.1, 0.15) is 38.5 Å². The Bertz CT molecular complexity index is 1200. The van der Waals surface area contributed by atoms with Crippen molar-refractivity contribution >= 4 is 44.2 Å². The standard InChI is InChI=1S/C22H26F2N4O5S2/c1-33-20(29)18-7-4-10-28(18)35(31,32)19-12-25-21(34-19)26-22(30)27(13-14-5-2-3-6-14)15-8-9-16(23)17(24)11-15/h8-9,11-12,14,18H,2-7,10,13H2,1H3,(H,25,26,30). The van der Waals surface area contributed by atoms with Crippen molar-refractivity contribution in [2.24, 2.45) is 5.92 Å². The molecule has 2 aliphatic rings. The number of nitrogens with one attached hydrogen (secondary N) is 1. The van der Waals surface area contributed by atoms with Gasteiger partial charge in [0.25, 0.3) is 10.0 Å². The molecule has 1 saturated carbocycles. The van der Waals surface area contributed by atoms with Crippen molar-refractivity contribution in [1.82, 2.24) is 9.29 Å². The summed E-state index contributed by atoms with van der Waals surface area (Å²) >= 11 is 0.752. The molecule has 13 heteroatoms. The molecular weight excluding hydrogens is 502 g/mol. The Morgan fingerprint density at radius 2 is 1.94 bits per heavy atom. The summed E-state index contributed by atoms with van der Waals surface area (Å²) in [5, 5.41) is 2.61. The largest absolute Gasteiger partial charge is 0.468 e. The molecule has 4 rings (SSSR count). The van der Waals surface area contributed by atoms with Gasteiger partial charge < -0.3 is 4.74 Å². The van der Waals surface area contributed by atoms with Gasteiger partial charge in [-0.05, 0) is 43.7 Å². The second-order valence-electron chi connectivity index (χ2n) is 8.57. The van der Waals surface area contributed by atoms with E-state index < -0.39 is 39.7 Å². The van der Waals surface area contributed by atoms with Gasteiger partial charge in [-0.1, -0.05) is 24.2 Å². The molecule has 2 fully saturated rings. The topological polar surface area (TPSA) is 109 Å². The summed E-state index contributed by atoms with van der Waals surface area (Å²) in [6, 6.07) is 1.71. The summed E-state index contributed by atoms with van der Waals surface area (Å²) in [4.78, 5) is 30.5. The SMILES string of the molecule is COC(=O)C1CCCN1S(=O)(=O)c1cnc(NC(=O)N(CC2CCCC2)c2ccc(F)c(F)c2)s1. The van der Waals surface area contributed by atoms with Gasteiger partial charge in [-0.3, -0.25) is 15.0 Å². The number of amides is 2. The molecule has 1 aromatic carbocycles. The van der Waals surface area contributed by atoms with Crippen molar-refractivity contribution in [2.45, 2.75) is 48.8 Å². The zero-order chi connectivity index (χ0) is 25.2. The smallest absolute Gasteiger partial charge is 0.328 e. The molecular formula is C22H26F2N4O5S2. The maximum Gasteiger partial charge on any atom is 0.328 e. The first-order valence-electron chi connectivity index (χ1n) is 11.3. The lowest BCUT2D eigenvalue weighted by atomic mass is 10.1. The third-order valence-corrected chi connectivity index (χ3v) is 9.57. The second-order valence-corrected chi connectivity index (χ2v) is 11.7. The fourth-order valence-corrected chi connectivity index (χ4v) is 7.32. The van der Waals surface area contributed by atoms with E-state index in [9.17, 15) is 26.8 Å². The highest BCUT2D eigenvalue weighted by Crippen LogP contribution is 2.32. The maximum atomic E-state index is 13.9. The number of anilines is 2. The monoisotopic (exact) mass is 528 g/mol. The molecule has 0 radical (unpaired) electrons. The number of aromatic nitrogens is 1. The highest BCUT2D eigenvalue weighted by Gasteiger charge is 2.41. The zero-order valence-electron chi connectivity index (χ0n) is 19.1. The van der Waals surface area contributed by atoms with Crippen LogP contribution in [0.15, 0.2) is 28.6 Å². The number of benzene rings is 1. The number of rotatable bonds is 7. The average Bonchev–Trinajstić information content (AvgIpc) is 3.60. The molecule has 190 valence electrons. The molecule has 2 amide bonds. The van der Waals surface area contributed by atoms with Crippen molar-refractivity contribution < 1.29 is 31.5 Å². The number of carbonyl (C=O) groups is 2. The molecule has 2 aromatic rings. The van der Waals surface area contributed by atoms with Crippen LogP contribution in [0, 0.1) is 17.6 Å². The fourth-order valence-electron chi connectivity index (χ4n) is 4.52. The Morgan fingerprint density at radius 1 is 1.20 bits per heavy atom. The van der Waals surface area contributed by atoms with Crippen LogP contribution in [0.5, 0.6) is 0 Å². The lowest BCUT2D eigenvalue weighted by molar-refractivity contribution is -0.144. The number of urea groups is 1. The molecule has 1 aromatic heterocycles. The molecule has 35 heavy (non-hydrogen) atoms. The molecule has 1 aliphatic heterocycles. The van der Waals surface area contributed by atoms with E-state index in [-0.39, 0.29) is 27.5 Å². The van der Waals surface area contributed by atoms with Crippen molar-refractivity contribution in [1.29, 1.82) is 0 Å². The lowest BCUT2D eigenvalue weighted by Gasteiger charge is -2.25. The number of hydrogen-bond acceptors (Lipinski definition) is 7. The normalized spacial score (nSPS) is 19.1. The zero-order valence-corrected chi connectivity index (χ0v) is 20.7. The number of carbonyl (C=O) groups excluding carboxylic acids is 2. The third-order valence-electron chi connectivity index (χ3n) is 6.31. The Kier molecular flexibility index (Phi) is 7.67. The van der Waals surface area contributed by atoms with E-state index >= 15 is 0 Å². The number of thiazole rings is 1. The summed E-state index contributed by atoms with van der Waals surface area (Å²) in [5.74, 6) is -2.50. The van der Waals surface area contributed by atoms with Crippen LogP contribution in [0.3, 0.4) is 0 Å². The molecule has 1 aliphatic carbocycles. The van der Waals surface area contributed by atoms with Crippen LogP contribution in [0.2, 0.25) is 0 Å². The molecule has 1 unspecified atom stereocenters. The van der Waals surface area contributed by atoms with Gasteiger partial charge in [-0.15, -0.1) is 0 Å². The molecule has 1 N–H and O–H groups in total. The highest BCUT2D eigenvalue weighted by molar-refractivity contribution is 7.91. The molecule has 1 saturated heterocycles. The van der Waals surface area contributed by atoms with E-state index in [0.29, 0.717) is 19.4 Å². The van der Waals surface area contributed by atoms with Gasteiger partial charge in [-0.25, -0.2) is 27.0 Å². The second kappa shape index (κ2) is 10.5. The number of hydrogen-bond donors (Lipinski definition) is 1. The maximum absolute atomic E-state index is 13.9. The quantitative estimate of drug-likeness (QED) is 0.545. The summed E-state index contributed by atoms with van der Waals surface area (Å²) in [7, 11) is -2.82. The van der Waals surface area contributed by atoms with Gasteiger partial charge in [0.15, 0.2) is 21.0 Å². The van der Waals surface area contributed by atoms with Crippen LogP contribution in [0.25, 0.3) is 0 Å². The van der Waals surface area contributed by atoms with Gasteiger partial charge in [0.1, 0.15) is 6.04 Å². The predicted octanol–water partition coefficient (Wildman–Crippen LogP) is 3.98. The summed E-state index contributed by atoms with van der Waals surface area (Å²) in [6.07, 6.45) is 5.92. The number of nitrogens with zero attached hydrogens (tertiary/aromatic N) is 3. The van der Waals surface area contributed by atoms with E-state index in [0.717, 1.165) is 59.7 Å². The molecule has 9 nitrogen and oxygen atoms in total. The van der Waals surface area contributed by atoms with E-state index in [1.165, 1.54) is 18.1 Å². The van der Waals surface area contributed by atoms with Crippen LogP contribution in [-0.2, 0) is 19.6 Å². The van der Waals surface area contributed by atoms with Crippen LogP contribution >= 0.6 is 11.3 Å². The highest BCUT2D eigenvalue weighted by atomic mass is 32.2. The third kappa shape index (κ3) is 5.46. The lowest BCUT2D eigenvalue weighted by Crippen LogP contribution is -2.40. The van der Waals surface area contributed by atoms with Crippen molar-refractivity contribution in [3.05, 3.63) is 36.0 Å². The van der Waals surface area contributed by atoms with Gasteiger partial charge in [0, 0.05) is 24.8 Å². The van der Waals surface area contributed by atoms with E-state index in [2.05, 4.69) is 10.3 Å². The van der Waals surface area contributed by atoms with Crippen molar-refractivity contribution in [3.8, 4) is 0 Å². The molecule has 0 spiro atoms. The minimum Gasteiger partial charge on any atom is -0.468 e. The van der Waals surface area contributed by atoms with E-state index in [1.807, 2.05) is 0 Å². The molecule has 1 atom stereocenters. The number of halogens is 2. The van der Waals surface area contributed by atoms with Gasteiger partial charge in [0.2, 0.25) is 0 Å².